The van der Waals surface area contributed by atoms with Gasteiger partial charge in [0, 0.05) is 31.5 Å². The summed E-state index contributed by atoms with van der Waals surface area (Å²) in [7, 11) is 0. The summed E-state index contributed by atoms with van der Waals surface area (Å²) in [6, 6.07) is 0.341. The van der Waals surface area contributed by atoms with Gasteiger partial charge in [-0.3, -0.25) is 9.69 Å². The first kappa shape index (κ1) is 23.6. The Kier molecular flexibility index (Phi) is 5.84. The molecule has 2 aliphatic heterocycles. The second-order valence-electron chi connectivity index (χ2n) is 13.2. The quantitative estimate of drug-likeness (QED) is 0.559. The number of hydrogen-bond acceptors (Lipinski definition) is 4. The zero-order chi connectivity index (χ0) is 21.7. The van der Waals surface area contributed by atoms with Gasteiger partial charge in [-0.2, -0.15) is 0 Å². The van der Waals surface area contributed by atoms with Crippen LogP contribution < -0.4 is 0 Å². The van der Waals surface area contributed by atoms with Crippen molar-refractivity contribution in [2.24, 2.45) is 52.8 Å². The zero-order valence-corrected chi connectivity index (χ0v) is 21.0. The SMILES string of the molecule is CC1CC[C@@H]2N(C1)CC1C(CC[C@H]3C4CC(=O)[C@H]5CC(O)CCC5(C)[C@H]4C[C@@H]13)[C@]2(C)O.Cl. The summed E-state index contributed by atoms with van der Waals surface area (Å²) in [6.45, 7) is 9.23. The van der Waals surface area contributed by atoms with Crippen LogP contribution in [0.5, 0.6) is 0 Å². The monoisotopic (exact) mass is 465 g/mol. The van der Waals surface area contributed by atoms with Gasteiger partial charge in [0.05, 0.1) is 11.7 Å². The minimum Gasteiger partial charge on any atom is -0.393 e. The van der Waals surface area contributed by atoms with E-state index in [4.69, 9.17) is 0 Å². The highest BCUT2D eigenvalue weighted by atomic mass is 35.5. The van der Waals surface area contributed by atoms with E-state index in [1.54, 1.807) is 0 Å². The van der Waals surface area contributed by atoms with Crippen LogP contribution >= 0.6 is 12.4 Å². The summed E-state index contributed by atoms with van der Waals surface area (Å²) in [5, 5.41) is 22.1. The number of aliphatic hydroxyl groups excluding tert-OH is 1. The molecule has 0 aromatic carbocycles. The standard InChI is InChI=1S/C27H43NO3.ClH/c1-15-4-7-25-27(3,31)21-6-5-17-18(20(21)14-28(25)13-15)11-22-19(17)12-24(30)23-10-16(29)8-9-26(22,23)2;/h15-23,25,29,31H,4-14H2,1-3H3;1H/t15?,16?,17-,18-,19?,20?,21?,22+,23-,25+,26?,27+;/m1./s1. The van der Waals surface area contributed by atoms with E-state index in [9.17, 15) is 15.0 Å². The van der Waals surface area contributed by atoms with Crippen LogP contribution in [-0.4, -0.2) is 51.7 Å². The number of ketones is 1. The normalized spacial score (nSPS) is 57.3. The third kappa shape index (κ3) is 3.22. The number of piperidine rings is 2. The first-order valence-electron chi connectivity index (χ1n) is 13.4. The van der Waals surface area contributed by atoms with Crippen LogP contribution in [0.25, 0.3) is 0 Å². The second kappa shape index (κ2) is 7.93. The van der Waals surface area contributed by atoms with E-state index in [0.29, 0.717) is 53.8 Å². The maximum absolute atomic E-state index is 13.2. The summed E-state index contributed by atoms with van der Waals surface area (Å²) in [5.41, 5.74) is -0.482. The van der Waals surface area contributed by atoms with Gasteiger partial charge in [0.25, 0.3) is 0 Å². The molecule has 32 heavy (non-hydrogen) atoms. The Morgan fingerprint density at radius 2 is 1.69 bits per heavy atom. The molecule has 6 fully saturated rings. The van der Waals surface area contributed by atoms with Crippen LogP contribution in [-0.2, 0) is 4.79 Å². The highest BCUT2D eigenvalue weighted by molar-refractivity contribution is 5.85. The highest BCUT2D eigenvalue weighted by Crippen LogP contribution is 2.66. The van der Waals surface area contributed by atoms with Crippen molar-refractivity contribution in [1.82, 2.24) is 4.90 Å². The molecule has 0 aromatic heterocycles. The molecule has 182 valence electrons. The van der Waals surface area contributed by atoms with Gasteiger partial charge in [0.2, 0.25) is 0 Å². The molecule has 6 rings (SSSR count). The van der Waals surface area contributed by atoms with Gasteiger partial charge in [-0.1, -0.05) is 13.8 Å². The fraction of sp³-hybridized carbons (Fsp3) is 0.963. The number of fused-ring (bicyclic) bond motifs is 8. The third-order valence-corrected chi connectivity index (χ3v) is 11.8. The number of Topliss-reactive ketones (excluding diaryl/α,β-unsaturated/α-hetero) is 1. The Labute approximate surface area is 200 Å². The molecule has 6 aliphatic rings. The van der Waals surface area contributed by atoms with Crippen molar-refractivity contribution in [1.29, 1.82) is 0 Å². The molecule has 12 atom stereocenters. The lowest BCUT2D eigenvalue weighted by atomic mass is 9.51. The molecule has 5 heteroatoms. The Balaban J connectivity index is 0.00000216. The van der Waals surface area contributed by atoms with Crippen LogP contribution in [0.15, 0.2) is 0 Å². The van der Waals surface area contributed by atoms with Gasteiger partial charge in [0.1, 0.15) is 5.78 Å². The van der Waals surface area contributed by atoms with E-state index in [1.807, 2.05) is 0 Å². The van der Waals surface area contributed by atoms with E-state index in [-0.39, 0.29) is 29.8 Å². The number of carbonyl (C=O) groups is 1. The molecule has 2 heterocycles. The summed E-state index contributed by atoms with van der Waals surface area (Å²) in [6.07, 6.45) is 9.08. The van der Waals surface area contributed by atoms with Crippen LogP contribution in [0.3, 0.4) is 0 Å². The minimum atomic E-state index is -0.570. The minimum absolute atomic E-state index is 0. The molecule has 4 nitrogen and oxygen atoms in total. The molecular formula is C27H44ClNO3. The van der Waals surface area contributed by atoms with Crippen molar-refractivity contribution in [3.05, 3.63) is 0 Å². The van der Waals surface area contributed by atoms with Gasteiger partial charge < -0.3 is 10.2 Å². The lowest BCUT2D eigenvalue weighted by molar-refractivity contribution is -0.175. The van der Waals surface area contributed by atoms with Crippen LogP contribution in [0.2, 0.25) is 0 Å². The average molecular weight is 466 g/mol. The van der Waals surface area contributed by atoms with Crippen LogP contribution in [0.4, 0.5) is 0 Å². The van der Waals surface area contributed by atoms with E-state index in [2.05, 4.69) is 25.7 Å². The van der Waals surface area contributed by atoms with Crippen molar-refractivity contribution in [3.8, 4) is 0 Å². The maximum Gasteiger partial charge on any atom is 0.136 e. The Morgan fingerprint density at radius 1 is 0.906 bits per heavy atom. The molecule has 2 saturated heterocycles. The van der Waals surface area contributed by atoms with Crippen molar-refractivity contribution >= 4 is 18.2 Å². The number of carbonyl (C=O) groups excluding carboxylic acids is 1. The van der Waals surface area contributed by atoms with Crippen molar-refractivity contribution in [3.63, 3.8) is 0 Å². The van der Waals surface area contributed by atoms with Crippen molar-refractivity contribution < 1.29 is 15.0 Å². The summed E-state index contributed by atoms with van der Waals surface area (Å²) in [4.78, 5) is 15.9. The maximum atomic E-state index is 13.2. The Hall–Kier alpha value is -0.160. The van der Waals surface area contributed by atoms with Crippen LogP contribution in [0.1, 0.15) is 78.6 Å². The van der Waals surface area contributed by atoms with Gasteiger partial charge in [-0.25, -0.2) is 0 Å². The number of nitrogens with zero attached hydrogens (tertiary/aromatic N) is 1. The van der Waals surface area contributed by atoms with E-state index < -0.39 is 5.60 Å². The van der Waals surface area contributed by atoms with Crippen molar-refractivity contribution in [2.75, 3.05) is 13.1 Å². The molecule has 2 N–H and O–H groups in total. The average Bonchev–Trinajstić information content (AvgIpc) is 3.09. The number of aliphatic hydroxyl groups is 2. The van der Waals surface area contributed by atoms with E-state index >= 15 is 0 Å². The summed E-state index contributed by atoms with van der Waals surface area (Å²) < 4.78 is 0. The third-order valence-electron chi connectivity index (χ3n) is 11.8. The van der Waals surface area contributed by atoms with Gasteiger partial charge in [-0.15, -0.1) is 12.4 Å². The molecule has 0 bridgehead atoms. The summed E-state index contributed by atoms with van der Waals surface area (Å²) in [5.74, 6) is 4.82. The highest BCUT2D eigenvalue weighted by Gasteiger charge is 2.64. The van der Waals surface area contributed by atoms with E-state index in [1.165, 1.54) is 25.8 Å². The topological polar surface area (TPSA) is 60.8 Å². The molecule has 0 spiro atoms. The molecule has 0 radical (unpaired) electrons. The molecule has 0 amide bonds. The lowest BCUT2D eigenvalue weighted by Gasteiger charge is -2.59. The van der Waals surface area contributed by atoms with Crippen molar-refractivity contribution in [2.45, 2.75) is 96.3 Å². The zero-order valence-electron chi connectivity index (χ0n) is 20.2. The summed E-state index contributed by atoms with van der Waals surface area (Å²) >= 11 is 0. The largest absolute Gasteiger partial charge is 0.393 e. The molecule has 6 unspecified atom stereocenters. The fourth-order valence-electron chi connectivity index (χ4n) is 10.4. The van der Waals surface area contributed by atoms with Gasteiger partial charge in [-0.05, 0) is 105 Å². The fourth-order valence-corrected chi connectivity index (χ4v) is 10.4. The molecule has 0 aromatic rings. The predicted molar refractivity (Wildman–Crippen MR) is 128 cm³/mol. The molecular weight excluding hydrogens is 422 g/mol. The Bertz CT molecular complexity index is 757. The van der Waals surface area contributed by atoms with Gasteiger partial charge >= 0.3 is 0 Å². The first-order valence-corrected chi connectivity index (χ1v) is 13.4. The second-order valence-corrected chi connectivity index (χ2v) is 13.2. The molecule has 4 saturated carbocycles. The predicted octanol–water partition coefficient (Wildman–Crippen LogP) is 4.31. The van der Waals surface area contributed by atoms with E-state index in [0.717, 1.165) is 44.6 Å². The lowest BCUT2D eigenvalue weighted by Crippen LogP contribution is -2.67. The Morgan fingerprint density at radius 3 is 2.47 bits per heavy atom. The number of rotatable bonds is 0. The number of hydrogen-bond donors (Lipinski definition) is 2. The van der Waals surface area contributed by atoms with Gasteiger partial charge in [0.15, 0.2) is 0 Å². The smallest absolute Gasteiger partial charge is 0.136 e. The van der Waals surface area contributed by atoms with Crippen LogP contribution in [0, 0.1) is 52.8 Å². The number of halogens is 1. The molecule has 4 aliphatic carbocycles. The first-order chi connectivity index (χ1) is 14.7.